The number of thiazole rings is 1. The Hall–Kier alpha value is -2.85. The van der Waals surface area contributed by atoms with Crippen molar-refractivity contribution < 1.29 is 4.42 Å². The first-order chi connectivity index (χ1) is 11.8. The number of aryl methyl sites for hydroxylation is 1. The predicted molar refractivity (Wildman–Crippen MR) is 98.5 cm³/mol. The zero-order chi connectivity index (χ0) is 16.1. The molecule has 3 heterocycles. The summed E-state index contributed by atoms with van der Waals surface area (Å²) in [6, 6.07) is 18.7. The Morgan fingerprint density at radius 2 is 1.88 bits per heavy atom. The maximum atomic E-state index is 5.94. The van der Waals surface area contributed by atoms with Crippen molar-refractivity contribution >= 4 is 27.3 Å². The second kappa shape index (κ2) is 5.08. The first-order valence-electron chi connectivity index (χ1n) is 7.80. The third-order valence-corrected chi connectivity index (χ3v) is 5.07. The third-order valence-electron chi connectivity index (χ3n) is 4.23. The molecule has 0 saturated heterocycles. The number of fused-ring (bicyclic) bond motifs is 2. The zero-order valence-electron chi connectivity index (χ0n) is 13.1. The number of hydrogen-bond acceptors (Lipinski definition) is 3. The summed E-state index contributed by atoms with van der Waals surface area (Å²) in [6.45, 7) is 2.10. The SMILES string of the molecule is Cc1ccc(-c2csc3nc(-c4cc5ccccc5o4)cn23)cc1. The molecule has 3 aromatic heterocycles. The number of aromatic nitrogens is 2. The van der Waals surface area contributed by atoms with Crippen molar-refractivity contribution in [2.75, 3.05) is 0 Å². The molecule has 0 radical (unpaired) electrons. The minimum atomic E-state index is 0.807. The number of benzene rings is 2. The molecule has 24 heavy (non-hydrogen) atoms. The van der Waals surface area contributed by atoms with E-state index in [0.717, 1.165) is 33.1 Å². The summed E-state index contributed by atoms with van der Waals surface area (Å²) in [5.41, 5.74) is 5.37. The van der Waals surface area contributed by atoms with Gasteiger partial charge in [-0.05, 0) is 24.6 Å². The lowest BCUT2D eigenvalue weighted by Gasteiger charge is -2.00. The number of imidazole rings is 1. The van der Waals surface area contributed by atoms with Gasteiger partial charge in [0.2, 0.25) is 0 Å². The standard InChI is InChI=1S/C20H14N2OS/c1-13-6-8-14(9-7-13)17-12-24-20-21-16(11-22(17)20)19-10-15-4-2-3-5-18(15)23-19/h2-12H,1H3. The van der Waals surface area contributed by atoms with Crippen LogP contribution in [0.2, 0.25) is 0 Å². The van der Waals surface area contributed by atoms with Crippen LogP contribution in [0.15, 0.2) is 70.6 Å². The summed E-state index contributed by atoms with van der Waals surface area (Å²) in [7, 11) is 0. The monoisotopic (exact) mass is 330 g/mol. The molecular formula is C20H14N2OS. The number of rotatable bonds is 2. The number of hydrogen-bond donors (Lipinski definition) is 0. The van der Waals surface area contributed by atoms with Crippen molar-refractivity contribution in [1.82, 2.24) is 9.38 Å². The summed E-state index contributed by atoms with van der Waals surface area (Å²) in [6.07, 6.45) is 2.05. The van der Waals surface area contributed by atoms with Crippen LogP contribution < -0.4 is 0 Å². The van der Waals surface area contributed by atoms with E-state index in [9.17, 15) is 0 Å². The van der Waals surface area contributed by atoms with Gasteiger partial charge in [-0.3, -0.25) is 4.40 Å². The molecule has 0 aliphatic rings. The highest BCUT2D eigenvalue weighted by Gasteiger charge is 2.14. The number of nitrogens with zero attached hydrogens (tertiary/aromatic N) is 2. The molecule has 0 aliphatic heterocycles. The fourth-order valence-electron chi connectivity index (χ4n) is 2.94. The van der Waals surface area contributed by atoms with E-state index in [1.807, 2.05) is 24.3 Å². The van der Waals surface area contributed by atoms with Crippen molar-refractivity contribution in [3.05, 3.63) is 71.7 Å². The van der Waals surface area contributed by atoms with Crippen molar-refractivity contribution in [2.24, 2.45) is 0 Å². The van der Waals surface area contributed by atoms with Gasteiger partial charge in [-0.25, -0.2) is 4.98 Å². The van der Waals surface area contributed by atoms with E-state index in [1.165, 1.54) is 11.1 Å². The first-order valence-corrected chi connectivity index (χ1v) is 8.68. The molecule has 0 fully saturated rings. The summed E-state index contributed by atoms with van der Waals surface area (Å²) in [4.78, 5) is 5.70. The molecule has 5 rings (SSSR count). The lowest BCUT2D eigenvalue weighted by Crippen LogP contribution is -1.83. The minimum Gasteiger partial charge on any atom is -0.454 e. The fraction of sp³-hybridized carbons (Fsp3) is 0.0500. The van der Waals surface area contributed by atoms with Gasteiger partial charge in [0, 0.05) is 17.0 Å². The van der Waals surface area contributed by atoms with Crippen molar-refractivity contribution in [3.8, 4) is 22.7 Å². The molecule has 0 spiro atoms. The molecule has 0 atom stereocenters. The van der Waals surface area contributed by atoms with Gasteiger partial charge >= 0.3 is 0 Å². The van der Waals surface area contributed by atoms with E-state index in [0.29, 0.717) is 0 Å². The smallest absolute Gasteiger partial charge is 0.194 e. The van der Waals surface area contributed by atoms with Gasteiger partial charge in [-0.1, -0.05) is 48.0 Å². The van der Waals surface area contributed by atoms with Crippen LogP contribution in [0, 0.1) is 6.92 Å². The molecule has 0 amide bonds. The summed E-state index contributed by atoms with van der Waals surface area (Å²) in [5.74, 6) is 0.807. The average Bonchev–Trinajstić information content (AvgIpc) is 3.28. The molecule has 3 nitrogen and oxygen atoms in total. The summed E-state index contributed by atoms with van der Waals surface area (Å²) in [5, 5.41) is 3.25. The van der Waals surface area contributed by atoms with E-state index in [4.69, 9.17) is 9.40 Å². The molecule has 0 N–H and O–H groups in total. The largest absolute Gasteiger partial charge is 0.454 e. The third kappa shape index (κ3) is 2.07. The van der Waals surface area contributed by atoms with Gasteiger partial charge in [0.25, 0.3) is 0 Å². The van der Waals surface area contributed by atoms with E-state index < -0.39 is 0 Å². The van der Waals surface area contributed by atoms with E-state index in [2.05, 4.69) is 53.2 Å². The highest BCUT2D eigenvalue weighted by molar-refractivity contribution is 7.15. The van der Waals surface area contributed by atoms with Gasteiger partial charge in [0.05, 0.1) is 5.69 Å². The Morgan fingerprint density at radius 3 is 2.71 bits per heavy atom. The van der Waals surface area contributed by atoms with Crippen LogP contribution in [-0.4, -0.2) is 9.38 Å². The summed E-state index contributed by atoms with van der Waals surface area (Å²) < 4.78 is 8.08. The van der Waals surface area contributed by atoms with Crippen LogP contribution in [0.3, 0.4) is 0 Å². The van der Waals surface area contributed by atoms with Gasteiger partial charge in [-0.15, -0.1) is 11.3 Å². The topological polar surface area (TPSA) is 30.4 Å². The fourth-order valence-corrected chi connectivity index (χ4v) is 3.82. The minimum absolute atomic E-state index is 0.807. The normalized spacial score (nSPS) is 11.5. The van der Waals surface area contributed by atoms with Crippen LogP contribution in [0.4, 0.5) is 0 Å². The average molecular weight is 330 g/mol. The van der Waals surface area contributed by atoms with Gasteiger partial charge in [-0.2, -0.15) is 0 Å². The van der Waals surface area contributed by atoms with Crippen LogP contribution in [-0.2, 0) is 0 Å². The van der Waals surface area contributed by atoms with Crippen LogP contribution >= 0.6 is 11.3 Å². The molecule has 0 unspecified atom stereocenters. The number of para-hydroxylation sites is 1. The van der Waals surface area contributed by atoms with Crippen LogP contribution in [0.5, 0.6) is 0 Å². The van der Waals surface area contributed by atoms with Crippen molar-refractivity contribution in [1.29, 1.82) is 0 Å². The molecule has 0 saturated carbocycles. The second-order valence-corrected chi connectivity index (χ2v) is 6.75. The Morgan fingerprint density at radius 1 is 1.04 bits per heavy atom. The Bertz CT molecular complexity index is 1130. The molecular weight excluding hydrogens is 316 g/mol. The quantitative estimate of drug-likeness (QED) is 0.410. The molecule has 2 aromatic carbocycles. The predicted octanol–water partition coefficient (Wildman–Crippen LogP) is 5.78. The Balaban J connectivity index is 1.65. The van der Waals surface area contributed by atoms with Gasteiger partial charge in [0.15, 0.2) is 10.7 Å². The van der Waals surface area contributed by atoms with E-state index in [-0.39, 0.29) is 0 Å². The van der Waals surface area contributed by atoms with Crippen LogP contribution in [0.1, 0.15) is 5.56 Å². The van der Waals surface area contributed by atoms with Gasteiger partial charge in [0.1, 0.15) is 11.3 Å². The highest BCUT2D eigenvalue weighted by Crippen LogP contribution is 2.31. The number of furan rings is 1. The zero-order valence-corrected chi connectivity index (χ0v) is 13.9. The lowest BCUT2D eigenvalue weighted by atomic mass is 10.1. The molecule has 5 aromatic rings. The first kappa shape index (κ1) is 13.6. The van der Waals surface area contributed by atoms with Crippen molar-refractivity contribution in [3.63, 3.8) is 0 Å². The van der Waals surface area contributed by atoms with E-state index >= 15 is 0 Å². The second-order valence-electron chi connectivity index (χ2n) is 5.91. The maximum absolute atomic E-state index is 5.94. The highest BCUT2D eigenvalue weighted by atomic mass is 32.1. The lowest BCUT2D eigenvalue weighted by molar-refractivity contribution is 0.629. The van der Waals surface area contributed by atoms with Gasteiger partial charge < -0.3 is 4.42 Å². The molecule has 0 bridgehead atoms. The van der Waals surface area contributed by atoms with Crippen molar-refractivity contribution in [2.45, 2.75) is 6.92 Å². The molecule has 4 heteroatoms. The maximum Gasteiger partial charge on any atom is 0.194 e. The summed E-state index contributed by atoms with van der Waals surface area (Å²) >= 11 is 1.65. The Labute approximate surface area is 142 Å². The molecule has 0 aliphatic carbocycles. The Kier molecular flexibility index (Phi) is 2.87. The molecule has 116 valence electrons. The van der Waals surface area contributed by atoms with Crippen LogP contribution in [0.25, 0.3) is 38.6 Å². The van der Waals surface area contributed by atoms with E-state index in [1.54, 1.807) is 11.3 Å².